The lowest BCUT2D eigenvalue weighted by atomic mass is 9.94. The number of aliphatic hydroxyl groups is 1. The van der Waals surface area contributed by atoms with E-state index >= 15 is 0 Å². The van der Waals surface area contributed by atoms with Gasteiger partial charge in [-0.15, -0.1) is 0 Å². The van der Waals surface area contributed by atoms with Gasteiger partial charge >= 0.3 is 5.97 Å². The van der Waals surface area contributed by atoms with Crippen molar-refractivity contribution in [3.05, 3.63) is 76.3 Å². The van der Waals surface area contributed by atoms with Crippen LogP contribution < -0.4 is 15.0 Å². The fraction of sp³-hybridized carbons (Fsp3) is 0.500. The van der Waals surface area contributed by atoms with Gasteiger partial charge in [-0.05, 0) is 126 Å². The number of benzene rings is 2. The Hall–Kier alpha value is -3.42. The van der Waals surface area contributed by atoms with Crippen molar-refractivity contribution in [2.75, 3.05) is 37.7 Å². The third-order valence-electron chi connectivity index (χ3n) is 8.08. The molecule has 2 N–H and O–H groups in total. The van der Waals surface area contributed by atoms with E-state index in [-0.39, 0.29) is 18.5 Å². The second-order valence-electron chi connectivity index (χ2n) is 12.5. The van der Waals surface area contributed by atoms with Gasteiger partial charge in [-0.2, -0.15) is 0 Å². The smallest absolute Gasteiger partial charge is 0.309 e. The topological polar surface area (TPSA) is 83.9 Å². The van der Waals surface area contributed by atoms with Crippen molar-refractivity contribution in [2.24, 2.45) is 5.92 Å². The van der Waals surface area contributed by atoms with E-state index in [1.54, 1.807) is 6.92 Å². The Labute approximate surface area is 257 Å². The number of fused-ring (bicyclic) bond motifs is 1. The minimum absolute atomic E-state index is 0.0527. The highest BCUT2D eigenvalue weighted by Crippen LogP contribution is 2.35. The fourth-order valence-corrected chi connectivity index (χ4v) is 5.84. The van der Waals surface area contributed by atoms with Crippen molar-refractivity contribution in [3.8, 4) is 17.0 Å². The average Bonchev–Trinajstić information content (AvgIpc) is 3.23. The second-order valence-corrected chi connectivity index (χ2v) is 12.5. The number of aromatic nitrogens is 1. The van der Waals surface area contributed by atoms with Crippen LogP contribution in [-0.4, -0.2) is 54.4 Å². The van der Waals surface area contributed by atoms with Gasteiger partial charge in [-0.1, -0.05) is 30.3 Å². The Morgan fingerprint density at radius 1 is 1.02 bits per heavy atom. The standard InChI is InChI=1S/C34H43N3O3.C2H6O/c1-23-8-6-9-29(32(23)39-22-27-13-12-25-14-18-35-19-15-28(25)24(27)2)30-10-7-11-31(36-30)37-20-16-26(17-21-37)33(38)40-34(3,4)5;1-2-3/h6-13,26,35H,14-22H2,1-5H3;3H,2H2,1H3. The number of nitrogens with zero attached hydrogens (tertiary/aromatic N) is 2. The SMILES string of the molecule is CCO.Cc1cccc(-c2cccc(N3CCC(C(=O)OC(C)(C)C)CC3)n2)c1OCc1ccc2c(c1C)CCNCC2. The molecule has 0 saturated carbocycles. The van der Waals surface area contributed by atoms with Crippen LogP contribution in [0.1, 0.15) is 68.4 Å². The van der Waals surface area contributed by atoms with Crippen molar-refractivity contribution >= 4 is 11.8 Å². The number of para-hydroxylation sites is 1. The molecule has 7 heteroatoms. The van der Waals surface area contributed by atoms with Crippen LogP contribution in [-0.2, 0) is 29.0 Å². The van der Waals surface area contributed by atoms with Crippen LogP contribution in [0.5, 0.6) is 5.75 Å². The van der Waals surface area contributed by atoms with Crippen LogP contribution in [0.15, 0.2) is 48.5 Å². The molecule has 2 aliphatic heterocycles. The van der Waals surface area contributed by atoms with Gasteiger partial charge in [-0.25, -0.2) is 4.98 Å². The molecule has 2 aliphatic rings. The Kier molecular flexibility index (Phi) is 11.2. The first-order chi connectivity index (χ1) is 20.6. The van der Waals surface area contributed by atoms with Crippen LogP contribution in [0, 0.1) is 19.8 Å². The molecule has 5 rings (SSSR count). The number of aliphatic hydroxyl groups excluding tert-OH is 1. The molecule has 0 radical (unpaired) electrons. The van der Waals surface area contributed by atoms with Crippen LogP contribution in [0.3, 0.4) is 0 Å². The predicted octanol–water partition coefficient (Wildman–Crippen LogP) is 6.19. The number of carbonyl (C=O) groups is 1. The molecule has 0 bridgehead atoms. The van der Waals surface area contributed by atoms with E-state index in [0.29, 0.717) is 6.61 Å². The number of pyridine rings is 1. The van der Waals surface area contributed by atoms with Gasteiger partial charge in [0.1, 0.15) is 23.8 Å². The Morgan fingerprint density at radius 2 is 1.72 bits per heavy atom. The van der Waals surface area contributed by atoms with Gasteiger partial charge in [0.2, 0.25) is 0 Å². The van der Waals surface area contributed by atoms with E-state index in [1.807, 2.05) is 20.8 Å². The summed E-state index contributed by atoms with van der Waals surface area (Å²) in [6, 6.07) is 17.0. The molecule has 0 spiro atoms. The minimum Gasteiger partial charge on any atom is -0.488 e. The Morgan fingerprint density at radius 3 is 2.44 bits per heavy atom. The lowest BCUT2D eigenvalue weighted by Gasteiger charge is -2.33. The van der Waals surface area contributed by atoms with Crippen LogP contribution in [0.4, 0.5) is 5.82 Å². The summed E-state index contributed by atoms with van der Waals surface area (Å²) >= 11 is 0. The van der Waals surface area contributed by atoms with E-state index in [2.05, 4.69) is 72.6 Å². The molecule has 7 nitrogen and oxygen atoms in total. The molecule has 0 aliphatic carbocycles. The van der Waals surface area contributed by atoms with Gasteiger partial charge in [0.25, 0.3) is 0 Å². The fourth-order valence-electron chi connectivity index (χ4n) is 5.84. The molecular formula is C36H49N3O4. The predicted molar refractivity (Wildman–Crippen MR) is 174 cm³/mol. The number of anilines is 1. The summed E-state index contributed by atoms with van der Waals surface area (Å²) in [5, 5.41) is 11.1. The molecule has 1 fully saturated rings. The van der Waals surface area contributed by atoms with Gasteiger partial charge < -0.3 is 24.8 Å². The minimum atomic E-state index is -0.451. The summed E-state index contributed by atoms with van der Waals surface area (Å²) in [6.45, 7) is 16.2. The van der Waals surface area contributed by atoms with Crippen molar-refractivity contribution in [3.63, 3.8) is 0 Å². The Bertz CT molecular complexity index is 1370. The molecule has 1 saturated heterocycles. The maximum Gasteiger partial charge on any atom is 0.309 e. The lowest BCUT2D eigenvalue weighted by molar-refractivity contribution is -0.160. The molecule has 0 amide bonds. The van der Waals surface area contributed by atoms with Crippen molar-refractivity contribution in [1.82, 2.24) is 10.3 Å². The van der Waals surface area contributed by atoms with Crippen molar-refractivity contribution < 1.29 is 19.4 Å². The van der Waals surface area contributed by atoms with Gasteiger partial charge in [0.15, 0.2) is 0 Å². The zero-order valence-electron chi connectivity index (χ0n) is 26.8. The summed E-state index contributed by atoms with van der Waals surface area (Å²) in [4.78, 5) is 19.9. The molecular weight excluding hydrogens is 538 g/mol. The number of hydrogen-bond acceptors (Lipinski definition) is 7. The van der Waals surface area contributed by atoms with Gasteiger partial charge in [0.05, 0.1) is 11.6 Å². The molecule has 43 heavy (non-hydrogen) atoms. The maximum absolute atomic E-state index is 12.6. The summed E-state index contributed by atoms with van der Waals surface area (Å²) in [5.74, 6) is 1.68. The molecule has 232 valence electrons. The van der Waals surface area contributed by atoms with Gasteiger partial charge in [-0.3, -0.25) is 4.79 Å². The van der Waals surface area contributed by atoms with E-state index in [1.165, 1.54) is 22.3 Å². The van der Waals surface area contributed by atoms with Crippen LogP contribution in [0.2, 0.25) is 0 Å². The van der Waals surface area contributed by atoms with E-state index in [0.717, 1.165) is 80.3 Å². The van der Waals surface area contributed by atoms with E-state index < -0.39 is 5.60 Å². The second kappa shape index (κ2) is 14.8. The molecule has 0 unspecified atom stereocenters. The summed E-state index contributed by atoms with van der Waals surface area (Å²) in [5.41, 5.74) is 8.07. The molecule has 0 atom stereocenters. The summed E-state index contributed by atoms with van der Waals surface area (Å²) < 4.78 is 12.2. The number of rotatable bonds is 6. The highest BCUT2D eigenvalue weighted by molar-refractivity contribution is 5.73. The highest BCUT2D eigenvalue weighted by Gasteiger charge is 2.29. The van der Waals surface area contributed by atoms with E-state index in [4.69, 9.17) is 19.6 Å². The third kappa shape index (κ3) is 8.58. The number of ether oxygens (including phenoxy) is 2. The number of hydrogen-bond donors (Lipinski definition) is 2. The number of carbonyl (C=O) groups excluding carboxylic acids is 1. The monoisotopic (exact) mass is 587 g/mol. The number of esters is 1. The molecule has 3 aromatic rings. The van der Waals surface area contributed by atoms with Crippen molar-refractivity contribution in [1.29, 1.82) is 0 Å². The summed E-state index contributed by atoms with van der Waals surface area (Å²) in [6.07, 6.45) is 3.70. The number of nitrogens with one attached hydrogen (secondary N) is 1. The van der Waals surface area contributed by atoms with Crippen LogP contribution in [0.25, 0.3) is 11.3 Å². The first kappa shape index (κ1) is 32.5. The van der Waals surface area contributed by atoms with E-state index in [9.17, 15) is 4.79 Å². The quantitative estimate of drug-likeness (QED) is 0.333. The molecule has 3 heterocycles. The molecule has 1 aromatic heterocycles. The molecule has 2 aromatic carbocycles. The highest BCUT2D eigenvalue weighted by atomic mass is 16.6. The largest absolute Gasteiger partial charge is 0.488 e. The van der Waals surface area contributed by atoms with Gasteiger partial charge in [0, 0.05) is 25.3 Å². The van der Waals surface area contributed by atoms with Crippen LogP contribution >= 0.6 is 0 Å². The summed E-state index contributed by atoms with van der Waals surface area (Å²) in [7, 11) is 0. The Balaban J connectivity index is 0.00000135. The lowest BCUT2D eigenvalue weighted by Crippen LogP contribution is -2.39. The van der Waals surface area contributed by atoms with Crippen molar-refractivity contribution in [2.45, 2.75) is 79.4 Å². The zero-order chi connectivity index (χ0) is 31.0. The zero-order valence-corrected chi connectivity index (χ0v) is 26.8. The normalized spacial score (nSPS) is 15.6. The first-order valence-corrected chi connectivity index (χ1v) is 15.7. The third-order valence-corrected chi connectivity index (χ3v) is 8.08. The maximum atomic E-state index is 12.6. The number of aryl methyl sites for hydroxylation is 1. The average molecular weight is 588 g/mol. The number of piperidine rings is 1. The first-order valence-electron chi connectivity index (χ1n) is 15.7.